The van der Waals surface area contributed by atoms with Gasteiger partial charge in [-0.1, -0.05) is 18.2 Å². The number of nitrogens with zero attached hydrogens (tertiary/aromatic N) is 4. The molecule has 0 atom stereocenters. The highest BCUT2D eigenvalue weighted by Crippen LogP contribution is 2.29. The topological polar surface area (TPSA) is 72.2 Å². The standard InChI is InChI=1S/C27H23N5OS2/c1-18-15-19(2)29-27(28-18)35-22-12-10-20(11-13-22)31-26(33)23-7-3-4-8-24(23)34-17-21-16-32-14-6-5-9-25(32)30-21/h3-16H,17H2,1-2H3,(H,31,33). The second-order valence-electron chi connectivity index (χ2n) is 8.00. The third-order valence-corrected chi connectivity index (χ3v) is 7.18. The van der Waals surface area contributed by atoms with Crippen LogP contribution in [0.5, 0.6) is 0 Å². The van der Waals surface area contributed by atoms with Crippen LogP contribution in [0.1, 0.15) is 27.4 Å². The van der Waals surface area contributed by atoms with Gasteiger partial charge in [-0.3, -0.25) is 4.79 Å². The molecule has 0 unspecified atom stereocenters. The zero-order valence-corrected chi connectivity index (χ0v) is 20.9. The Morgan fingerprint density at radius 1 is 0.914 bits per heavy atom. The van der Waals surface area contributed by atoms with Crippen LogP contribution in [0.4, 0.5) is 5.69 Å². The molecule has 2 aromatic carbocycles. The van der Waals surface area contributed by atoms with E-state index in [2.05, 4.69) is 20.3 Å². The maximum atomic E-state index is 13.1. The van der Waals surface area contributed by atoms with Gasteiger partial charge in [-0.2, -0.15) is 0 Å². The number of imidazole rings is 1. The second-order valence-corrected chi connectivity index (χ2v) is 10.1. The van der Waals surface area contributed by atoms with E-state index in [-0.39, 0.29) is 5.91 Å². The van der Waals surface area contributed by atoms with Gasteiger partial charge >= 0.3 is 0 Å². The third-order valence-electron chi connectivity index (χ3n) is 5.20. The molecule has 35 heavy (non-hydrogen) atoms. The molecule has 3 aromatic heterocycles. The molecular formula is C27H23N5OS2. The average Bonchev–Trinajstić information content (AvgIpc) is 3.27. The fraction of sp³-hybridized carbons (Fsp3) is 0.111. The van der Waals surface area contributed by atoms with Gasteiger partial charge in [0.05, 0.1) is 11.3 Å². The van der Waals surface area contributed by atoms with E-state index in [0.717, 1.165) is 43.4 Å². The molecule has 0 spiro atoms. The number of hydrogen-bond acceptors (Lipinski definition) is 6. The lowest BCUT2D eigenvalue weighted by atomic mass is 10.2. The molecule has 174 valence electrons. The van der Waals surface area contributed by atoms with Crippen molar-refractivity contribution >= 4 is 40.8 Å². The van der Waals surface area contributed by atoms with Crippen LogP contribution in [-0.2, 0) is 5.75 Å². The molecule has 0 aliphatic heterocycles. The Labute approximate surface area is 212 Å². The molecular weight excluding hydrogens is 474 g/mol. The minimum absolute atomic E-state index is 0.138. The highest BCUT2D eigenvalue weighted by molar-refractivity contribution is 7.99. The van der Waals surface area contributed by atoms with Crippen LogP contribution >= 0.6 is 23.5 Å². The summed E-state index contributed by atoms with van der Waals surface area (Å²) in [4.78, 5) is 28.6. The molecule has 0 aliphatic rings. The number of carbonyl (C=O) groups excluding carboxylic acids is 1. The summed E-state index contributed by atoms with van der Waals surface area (Å²) in [6, 6.07) is 23.3. The number of anilines is 1. The van der Waals surface area contributed by atoms with E-state index in [0.29, 0.717) is 11.3 Å². The third kappa shape index (κ3) is 5.72. The number of nitrogens with one attached hydrogen (secondary N) is 1. The first-order valence-corrected chi connectivity index (χ1v) is 12.9. The predicted molar refractivity (Wildman–Crippen MR) is 141 cm³/mol. The van der Waals surface area contributed by atoms with Crippen molar-refractivity contribution in [1.82, 2.24) is 19.4 Å². The van der Waals surface area contributed by atoms with Crippen molar-refractivity contribution in [1.29, 1.82) is 0 Å². The van der Waals surface area contributed by atoms with Crippen LogP contribution < -0.4 is 5.32 Å². The molecule has 0 fully saturated rings. The SMILES string of the molecule is Cc1cc(C)nc(Sc2ccc(NC(=O)c3ccccc3SCc3cn4ccccc4n3)cc2)n1. The van der Waals surface area contributed by atoms with Gasteiger partial charge < -0.3 is 9.72 Å². The van der Waals surface area contributed by atoms with E-state index in [1.54, 1.807) is 11.8 Å². The monoisotopic (exact) mass is 497 g/mol. The number of amides is 1. The molecule has 0 saturated heterocycles. The van der Waals surface area contributed by atoms with Crippen molar-refractivity contribution in [3.63, 3.8) is 0 Å². The van der Waals surface area contributed by atoms with Gasteiger partial charge in [-0.25, -0.2) is 15.0 Å². The lowest BCUT2D eigenvalue weighted by Crippen LogP contribution is -2.12. The number of fused-ring (bicyclic) bond motifs is 1. The molecule has 6 nitrogen and oxygen atoms in total. The summed E-state index contributed by atoms with van der Waals surface area (Å²) < 4.78 is 2.00. The van der Waals surface area contributed by atoms with E-state index in [9.17, 15) is 4.79 Å². The van der Waals surface area contributed by atoms with E-state index >= 15 is 0 Å². The summed E-state index contributed by atoms with van der Waals surface area (Å²) in [6.45, 7) is 3.93. The second kappa shape index (κ2) is 10.3. The summed E-state index contributed by atoms with van der Waals surface area (Å²) in [7, 11) is 0. The van der Waals surface area contributed by atoms with Crippen molar-refractivity contribution in [2.45, 2.75) is 34.5 Å². The Morgan fingerprint density at radius 2 is 1.66 bits per heavy atom. The zero-order chi connectivity index (χ0) is 24.2. The first-order valence-electron chi connectivity index (χ1n) is 11.1. The molecule has 3 heterocycles. The number of benzene rings is 2. The summed E-state index contributed by atoms with van der Waals surface area (Å²) in [5.41, 5.74) is 5.16. The maximum absolute atomic E-state index is 13.1. The highest BCUT2D eigenvalue weighted by atomic mass is 32.2. The zero-order valence-electron chi connectivity index (χ0n) is 19.3. The number of hydrogen-bond donors (Lipinski definition) is 1. The van der Waals surface area contributed by atoms with Crippen LogP contribution in [0.2, 0.25) is 0 Å². The molecule has 8 heteroatoms. The maximum Gasteiger partial charge on any atom is 0.256 e. The molecule has 1 N–H and O–H groups in total. The van der Waals surface area contributed by atoms with Crippen LogP contribution in [-0.4, -0.2) is 25.3 Å². The quantitative estimate of drug-likeness (QED) is 0.206. The molecule has 5 aromatic rings. The normalized spacial score (nSPS) is 11.0. The first-order chi connectivity index (χ1) is 17.0. The molecule has 0 aliphatic carbocycles. The van der Waals surface area contributed by atoms with Crippen molar-refractivity contribution in [3.8, 4) is 0 Å². The van der Waals surface area contributed by atoms with Crippen molar-refractivity contribution in [2.75, 3.05) is 5.32 Å². The Hall–Kier alpha value is -3.62. The number of pyridine rings is 1. The fourth-order valence-corrected chi connectivity index (χ4v) is 5.43. The van der Waals surface area contributed by atoms with Gasteiger partial charge in [-0.15, -0.1) is 11.8 Å². The van der Waals surface area contributed by atoms with Crippen LogP contribution in [0, 0.1) is 13.8 Å². The minimum Gasteiger partial charge on any atom is -0.322 e. The largest absolute Gasteiger partial charge is 0.322 e. The van der Waals surface area contributed by atoms with Gasteiger partial charge in [0.2, 0.25) is 0 Å². The first kappa shape index (κ1) is 23.1. The van der Waals surface area contributed by atoms with E-state index in [1.165, 1.54) is 11.8 Å². The van der Waals surface area contributed by atoms with E-state index in [4.69, 9.17) is 0 Å². The Bertz CT molecular complexity index is 1440. The minimum atomic E-state index is -0.138. The lowest BCUT2D eigenvalue weighted by molar-refractivity contribution is 0.102. The van der Waals surface area contributed by atoms with E-state index < -0.39 is 0 Å². The van der Waals surface area contributed by atoms with Crippen LogP contribution in [0.3, 0.4) is 0 Å². The summed E-state index contributed by atoms with van der Waals surface area (Å²) in [5.74, 6) is 0.541. The summed E-state index contributed by atoms with van der Waals surface area (Å²) in [6.07, 6.45) is 4.00. The fourth-order valence-electron chi connectivity index (χ4n) is 3.64. The average molecular weight is 498 g/mol. The smallest absolute Gasteiger partial charge is 0.256 e. The summed E-state index contributed by atoms with van der Waals surface area (Å²) >= 11 is 3.11. The molecule has 5 rings (SSSR count). The van der Waals surface area contributed by atoms with Crippen LogP contribution in [0.15, 0.2) is 100 Å². The van der Waals surface area contributed by atoms with Crippen molar-refractivity contribution in [2.24, 2.45) is 0 Å². The van der Waals surface area contributed by atoms with Gasteiger partial charge in [0, 0.05) is 45.0 Å². The number of carbonyl (C=O) groups is 1. The number of aryl methyl sites for hydroxylation is 2. The predicted octanol–water partition coefficient (Wildman–Crippen LogP) is 6.44. The number of rotatable bonds is 7. The summed E-state index contributed by atoms with van der Waals surface area (Å²) in [5, 5.41) is 3.73. The highest BCUT2D eigenvalue weighted by Gasteiger charge is 2.13. The van der Waals surface area contributed by atoms with E-state index in [1.807, 2.05) is 103 Å². The molecule has 0 bridgehead atoms. The van der Waals surface area contributed by atoms with Gasteiger partial charge in [0.1, 0.15) is 5.65 Å². The molecule has 1 amide bonds. The lowest BCUT2D eigenvalue weighted by Gasteiger charge is -2.10. The van der Waals surface area contributed by atoms with Crippen molar-refractivity contribution < 1.29 is 4.79 Å². The molecule has 0 radical (unpaired) electrons. The van der Waals surface area contributed by atoms with Crippen molar-refractivity contribution in [3.05, 3.63) is 108 Å². The molecule has 0 saturated carbocycles. The van der Waals surface area contributed by atoms with Gasteiger partial charge in [-0.05, 0) is 80.2 Å². The Kier molecular flexibility index (Phi) is 6.83. The Balaban J connectivity index is 1.25. The Morgan fingerprint density at radius 3 is 2.43 bits per heavy atom. The van der Waals surface area contributed by atoms with Gasteiger partial charge in [0.15, 0.2) is 5.16 Å². The number of aromatic nitrogens is 4. The van der Waals surface area contributed by atoms with Crippen LogP contribution in [0.25, 0.3) is 5.65 Å². The number of thioether (sulfide) groups is 1. The van der Waals surface area contributed by atoms with Gasteiger partial charge in [0.25, 0.3) is 5.91 Å².